The van der Waals surface area contributed by atoms with E-state index in [2.05, 4.69) is 27.9 Å². The van der Waals surface area contributed by atoms with Gasteiger partial charge in [0, 0.05) is 15.5 Å². The Labute approximate surface area is 94.8 Å². The van der Waals surface area contributed by atoms with E-state index in [4.69, 9.17) is 11.6 Å². The van der Waals surface area contributed by atoms with Crippen molar-refractivity contribution >= 4 is 39.9 Å². The molecule has 0 radical (unpaired) electrons. The zero-order valence-electron chi connectivity index (χ0n) is 6.78. The van der Waals surface area contributed by atoms with Crippen molar-refractivity contribution in [2.45, 2.75) is 10.3 Å². The minimum atomic E-state index is -0.246. The molecule has 1 nitrogen and oxygen atoms in total. The summed E-state index contributed by atoms with van der Waals surface area (Å²) in [5.74, 6) is -0.246. The Bertz CT molecular complexity index is 343. The predicted molar refractivity (Wildman–Crippen MR) is 61.3 cm³/mol. The van der Waals surface area contributed by atoms with Crippen molar-refractivity contribution in [2.75, 3.05) is 11.9 Å². The molecule has 1 N–H and O–H groups in total. The van der Waals surface area contributed by atoms with Crippen LogP contribution in [0, 0.1) is 5.82 Å². The molecule has 0 saturated carbocycles. The number of nitrogens with one attached hydrogen (secondary N) is 1. The molecule has 70 valence electrons. The molecular weight excluding hydrogens is 303 g/mol. The van der Waals surface area contributed by atoms with Gasteiger partial charge in [0.1, 0.15) is 5.82 Å². The second kappa shape index (κ2) is 3.61. The third-order valence-corrected chi connectivity index (χ3v) is 3.63. The van der Waals surface area contributed by atoms with E-state index >= 15 is 0 Å². The number of anilines is 1. The van der Waals surface area contributed by atoms with Crippen LogP contribution in [0.3, 0.4) is 0 Å². The van der Waals surface area contributed by atoms with Crippen LogP contribution in [0.2, 0.25) is 5.02 Å². The van der Waals surface area contributed by atoms with Gasteiger partial charge in [0.15, 0.2) is 0 Å². The molecule has 0 aliphatic carbocycles. The Kier molecular flexibility index (Phi) is 2.65. The first-order valence-corrected chi connectivity index (χ1v) is 5.67. The van der Waals surface area contributed by atoms with E-state index in [1.165, 1.54) is 6.07 Å². The summed E-state index contributed by atoms with van der Waals surface area (Å²) in [6.07, 6.45) is 1.02. The highest BCUT2D eigenvalue weighted by Crippen LogP contribution is 2.39. The Morgan fingerprint density at radius 1 is 1.54 bits per heavy atom. The number of hydrogen-bond donors (Lipinski definition) is 1. The number of fused-ring (bicyclic) bond motifs is 1. The smallest absolute Gasteiger partial charge is 0.148 e. The molecule has 1 aromatic carbocycles. The lowest BCUT2D eigenvalue weighted by Crippen LogP contribution is -2.14. The SMILES string of the molecule is Fc1cc(Cl)cc2c1NCCC2I. The van der Waals surface area contributed by atoms with Gasteiger partial charge in [-0.15, -0.1) is 0 Å². The van der Waals surface area contributed by atoms with Crippen molar-refractivity contribution in [3.63, 3.8) is 0 Å². The molecule has 0 saturated heterocycles. The molecule has 0 aromatic heterocycles. The molecule has 1 atom stereocenters. The van der Waals surface area contributed by atoms with Gasteiger partial charge >= 0.3 is 0 Å². The first-order chi connectivity index (χ1) is 6.18. The van der Waals surface area contributed by atoms with Crippen molar-refractivity contribution < 1.29 is 4.39 Å². The number of benzene rings is 1. The molecular formula is C9H8ClFIN. The molecule has 0 bridgehead atoms. The Hall–Kier alpha value is -0.0300. The van der Waals surface area contributed by atoms with E-state index in [0.717, 1.165) is 18.5 Å². The fourth-order valence-corrected chi connectivity index (χ4v) is 2.52. The largest absolute Gasteiger partial charge is 0.382 e. The topological polar surface area (TPSA) is 12.0 Å². The highest BCUT2D eigenvalue weighted by atomic mass is 127. The van der Waals surface area contributed by atoms with Gasteiger partial charge in [-0.25, -0.2) is 4.39 Å². The summed E-state index contributed by atoms with van der Waals surface area (Å²) in [7, 11) is 0. The van der Waals surface area contributed by atoms with E-state index < -0.39 is 0 Å². The van der Waals surface area contributed by atoms with E-state index in [1.54, 1.807) is 0 Å². The van der Waals surface area contributed by atoms with Crippen LogP contribution in [0.15, 0.2) is 12.1 Å². The molecule has 1 heterocycles. The molecule has 1 aliphatic heterocycles. The third kappa shape index (κ3) is 1.76. The van der Waals surface area contributed by atoms with Gasteiger partial charge in [0.25, 0.3) is 0 Å². The van der Waals surface area contributed by atoms with Crippen molar-refractivity contribution in [3.8, 4) is 0 Å². The molecule has 2 rings (SSSR count). The highest BCUT2D eigenvalue weighted by molar-refractivity contribution is 14.1. The molecule has 0 amide bonds. The standard InChI is InChI=1S/C9H8ClFIN/c10-5-3-6-8(12)1-2-13-9(6)7(11)4-5/h3-4,8,13H,1-2H2. The van der Waals surface area contributed by atoms with Crippen LogP contribution in [-0.4, -0.2) is 6.54 Å². The molecule has 1 unspecified atom stereocenters. The van der Waals surface area contributed by atoms with Gasteiger partial charge in [-0.2, -0.15) is 0 Å². The second-order valence-corrected chi connectivity index (χ2v) is 4.97. The minimum Gasteiger partial charge on any atom is -0.382 e. The maximum absolute atomic E-state index is 13.4. The van der Waals surface area contributed by atoms with Crippen LogP contribution in [0.4, 0.5) is 10.1 Å². The van der Waals surface area contributed by atoms with Crippen LogP contribution in [0.25, 0.3) is 0 Å². The van der Waals surface area contributed by atoms with Gasteiger partial charge < -0.3 is 5.32 Å². The van der Waals surface area contributed by atoms with Crippen LogP contribution in [0.1, 0.15) is 15.9 Å². The fourth-order valence-electron chi connectivity index (χ4n) is 1.51. The lowest BCUT2D eigenvalue weighted by molar-refractivity contribution is 0.623. The maximum Gasteiger partial charge on any atom is 0.148 e. The minimum absolute atomic E-state index is 0.246. The number of alkyl halides is 1. The fraction of sp³-hybridized carbons (Fsp3) is 0.333. The molecule has 0 fully saturated rings. The molecule has 13 heavy (non-hydrogen) atoms. The van der Waals surface area contributed by atoms with Crippen molar-refractivity contribution in [2.24, 2.45) is 0 Å². The van der Waals surface area contributed by atoms with Gasteiger partial charge in [0.05, 0.1) is 5.69 Å². The molecule has 1 aliphatic rings. The Morgan fingerprint density at radius 3 is 3.08 bits per heavy atom. The van der Waals surface area contributed by atoms with Crippen LogP contribution < -0.4 is 5.32 Å². The second-order valence-electron chi connectivity index (χ2n) is 3.03. The average molecular weight is 312 g/mol. The van der Waals surface area contributed by atoms with Crippen LogP contribution in [-0.2, 0) is 0 Å². The van der Waals surface area contributed by atoms with Gasteiger partial charge in [-0.3, -0.25) is 0 Å². The summed E-state index contributed by atoms with van der Waals surface area (Å²) >= 11 is 8.09. The zero-order valence-corrected chi connectivity index (χ0v) is 9.69. The third-order valence-electron chi connectivity index (χ3n) is 2.12. The number of hydrogen-bond acceptors (Lipinski definition) is 1. The van der Waals surface area contributed by atoms with Gasteiger partial charge in [-0.1, -0.05) is 34.2 Å². The van der Waals surface area contributed by atoms with E-state index in [1.807, 2.05) is 6.07 Å². The molecule has 0 spiro atoms. The molecule has 1 aromatic rings. The van der Waals surface area contributed by atoms with Crippen molar-refractivity contribution in [1.29, 1.82) is 0 Å². The summed E-state index contributed by atoms with van der Waals surface area (Å²) in [5.41, 5.74) is 1.60. The Balaban J connectivity index is 2.56. The first-order valence-electron chi connectivity index (χ1n) is 4.05. The zero-order chi connectivity index (χ0) is 9.42. The summed E-state index contributed by atoms with van der Waals surface area (Å²) in [6, 6.07) is 3.19. The normalized spacial score (nSPS) is 20.7. The summed E-state index contributed by atoms with van der Waals surface area (Å²) in [6.45, 7) is 0.832. The van der Waals surface area contributed by atoms with E-state index in [9.17, 15) is 4.39 Å². The number of rotatable bonds is 0. The molecule has 4 heteroatoms. The highest BCUT2D eigenvalue weighted by Gasteiger charge is 2.20. The average Bonchev–Trinajstić information content (AvgIpc) is 2.07. The first kappa shape index (κ1) is 9.52. The predicted octanol–water partition coefficient (Wildman–Crippen LogP) is 3.77. The van der Waals surface area contributed by atoms with Gasteiger partial charge in [0.2, 0.25) is 0 Å². The lowest BCUT2D eigenvalue weighted by Gasteiger charge is -2.23. The lowest BCUT2D eigenvalue weighted by atomic mass is 10.0. The van der Waals surface area contributed by atoms with E-state index in [-0.39, 0.29) is 5.82 Å². The summed E-state index contributed by atoms with van der Waals surface area (Å²) in [5, 5.41) is 3.52. The number of halogens is 3. The monoisotopic (exact) mass is 311 g/mol. The van der Waals surface area contributed by atoms with Gasteiger partial charge in [-0.05, 0) is 24.1 Å². The quantitative estimate of drug-likeness (QED) is 0.568. The summed E-state index contributed by atoms with van der Waals surface area (Å²) in [4.78, 5) is 0. The van der Waals surface area contributed by atoms with Crippen molar-refractivity contribution in [3.05, 3.63) is 28.5 Å². The summed E-state index contributed by atoms with van der Waals surface area (Å²) < 4.78 is 13.7. The Morgan fingerprint density at radius 2 is 2.31 bits per heavy atom. The van der Waals surface area contributed by atoms with Crippen LogP contribution in [0.5, 0.6) is 0 Å². The maximum atomic E-state index is 13.4. The van der Waals surface area contributed by atoms with E-state index in [0.29, 0.717) is 14.6 Å². The van der Waals surface area contributed by atoms with Crippen molar-refractivity contribution in [1.82, 2.24) is 0 Å². The van der Waals surface area contributed by atoms with Crippen LogP contribution >= 0.6 is 34.2 Å².